The van der Waals surface area contributed by atoms with Crippen LogP contribution < -0.4 is 0 Å². The van der Waals surface area contributed by atoms with Gasteiger partial charge in [0.25, 0.3) is 5.91 Å². The first-order chi connectivity index (χ1) is 9.51. The molecule has 1 unspecified atom stereocenters. The van der Waals surface area contributed by atoms with Crippen LogP contribution >= 0.6 is 11.6 Å². The highest BCUT2D eigenvalue weighted by Gasteiger charge is 2.24. The van der Waals surface area contributed by atoms with Gasteiger partial charge in [0.15, 0.2) is 0 Å². The maximum Gasteiger partial charge on any atom is 0.254 e. The number of aromatic nitrogens is 1. The smallest absolute Gasteiger partial charge is 0.254 e. The summed E-state index contributed by atoms with van der Waals surface area (Å²) in [6, 6.07) is 3.57. The second-order valence-electron chi connectivity index (χ2n) is 5.93. The van der Waals surface area contributed by atoms with Gasteiger partial charge < -0.3 is 4.90 Å². The number of likely N-dealkylation sites (tertiary alicyclic amines) is 1. The summed E-state index contributed by atoms with van der Waals surface area (Å²) in [5, 5.41) is 0.406. The fourth-order valence-corrected chi connectivity index (χ4v) is 2.92. The Morgan fingerprint density at radius 3 is 2.90 bits per heavy atom. The van der Waals surface area contributed by atoms with Crippen LogP contribution in [0.1, 0.15) is 62.0 Å². The molecule has 1 fully saturated rings. The van der Waals surface area contributed by atoms with E-state index >= 15 is 0 Å². The van der Waals surface area contributed by atoms with Crippen LogP contribution in [-0.2, 0) is 0 Å². The highest BCUT2D eigenvalue weighted by Crippen LogP contribution is 2.23. The third kappa shape index (κ3) is 3.51. The largest absolute Gasteiger partial charge is 0.338 e. The van der Waals surface area contributed by atoms with Crippen LogP contribution in [0.5, 0.6) is 0 Å². The fourth-order valence-electron chi connectivity index (χ4n) is 2.70. The minimum Gasteiger partial charge on any atom is -0.338 e. The molecule has 0 N–H and O–H groups in total. The van der Waals surface area contributed by atoms with Crippen molar-refractivity contribution in [1.82, 2.24) is 9.88 Å². The lowest BCUT2D eigenvalue weighted by Crippen LogP contribution is -2.39. The van der Waals surface area contributed by atoms with Crippen molar-refractivity contribution in [3.8, 4) is 0 Å². The first-order valence-corrected chi connectivity index (χ1v) is 7.85. The second-order valence-corrected chi connectivity index (χ2v) is 6.31. The number of nitrogens with zero attached hydrogens (tertiary/aromatic N) is 2. The van der Waals surface area contributed by atoms with E-state index in [-0.39, 0.29) is 11.8 Å². The number of pyridine rings is 1. The summed E-state index contributed by atoms with van der Waals surface area (Å²) in [5.74, 6) is 0.994. The van der Waals surface area contributed by atoms with Gasteiger partial charge >= 0.3 is 0 Å². The predicted molar refractivity (Wildman–Crippen MR) is 82.3 cm³/mol. The molecule has 1 atom stereocenters. The van der Waals surface area contributed by atoms with Gasteiger partial charge in [0.05, 0.1) is 0 Å². The second kappa shape index (κ2) is 6.57. The van der Waals surface area contributed by atoms with Crippen molar-refractivity contribution in [2.45, 2.75) is 46.0 Å². The topological polar surface area (TPSA) is 33.2 Å². The zero-order chi connectivity index (χ0) is 14.7. The molecule has 1 saturated heterocycles. The molecule has 4 heteroatoms. The molecular formula is C16H23ClN2O. The van der Waals surface area contributed by atoms with E-state index in [0.717, 1.165) is 31.6 Å². The first kappa shape index (κ1) is 15.3. The monoisotopic (exact) mass is 294 g/mol. The number of hydrogen-bond donors (Lipinski definition) is 0. The van der Waals surface area contributed by atoms with Crippen molar-refractivity contribution < 1.29 is 4.79 Å². The lowest BCUT2D eigenvalue weighted by molar-refractivity contribution is 0.0671. The molecule has 0 radical (unpaired) electrons. The molecule has 1 aliphatic heterocycles. The minimum absolute atomic E-state index is 0.0920. The standard InChI is InChI=1S/C16H23ClN2O/c1-4-12-6-5-7-19(10-12)16(20)13-8-14(11(2)3)18-15(17)9-13/h8-9,11-12H,4-7,10H2,1-3H3. The van der Waals surface area contributed by atoms with Crippen molar-refractivity contribution in [3.05, 3.63) is 28.5 Å². The van der Waals surface area contributed by atoms with Crippen molar-refractivity contribution >= 4 is 17.5 Å². The molecule has 20 heavy (non-hydrogen) atoms. The Balaban J connectivity index is 2.20. The Kier molecular flexibility index (Phi) is 5.03. The molecule has 3 nitrogen and oxygen atoms in total. The zero-order valence-electron chi connectivity index (χ0n) is 12.5. The lowest BCUT2D eigenvalue weighted by atomic mass is 9.95. The van der Waals surface area contributed by atoms with Crippen molar-refractivity contribution in [1.29, 1.82) is 0 Å². The van der Waals surface area contributed by atoms with Gasteiger partial charge in [-0.2, -0.15) is 0 Å². The van der Waals surface area contributed by atoms with Crippen LogP contribution in [0.25, 0.3) is 0 Å². The van der Waals surface area contributed by atoms with E-state index in [1.54, 1.807) is 6.07 Å². The maximum absolute atomic E-state index is 12.6. The summed E-state index contributed by atoms with van der Waals surface area (Å²) in [5.41, 5.74) is 1.55. The van der Waals surface area contributed by atoms with Crippen molar-refractivity contribution in [3.63, 3.8) is 0 Å². The van der Waals surface area contributed by atoms with Crippen LogP contribution in [0.3, 0.4) is 0 Å². The summed E-state index contributed by atoms with van der Waals surface area (Å²) >= 11 is 6.05. The van der Waals surface area contributed by atoms with Gasteiger partial charge in [0.2, 0.25) is 0 Å². The molecular weight excluding hydrogens is 272 g/mol. The Bertz CT molecular complexity index is 487. The Morgan fingerprint density at radius 1 is 1.50 bits per heavy atom. The van der Waals surface area contributed by atoms with Gasteiger partial charge in [-0.15, -0.1) is 0 Å². The highest BCUT2D eigenvalue weighted by molar-refractivity contribution is 6.29. The number of amides is 1. The Hall–Kier alpha value is -1.09. The quantitative estimate of drug-likeness (QED) is 0.786. The van der Waals surface area contributed by atoms with E-state index in [1.807, 2.05) is 11.0 Å². The highest BCUT2D eigenvalue weighted by atomic mass is 35.5. The average molecular weight is 295 g/mol. The van der Waals surface area contributed by atoms with Crippen LogP contribution in [-0.4, -0.2) is 28.9 Å². The number of piperidine rings is 1. The van der Waals surface area contributed by atoms with E-state index in [2.05, 4.69) is 25.8 Å². The number of hydrogen-bond acceptors (Lipinski definition) is 2. The molecule has 1 aromatic heterocycles. The van der Waals surface area contributed by atoms with Gasteiger partial charge in [-0.25, -0.2) is 4.98 Å². The van der Waals surface area contributed by atoms with Crippen LogP contribution in [0.15, 0.2) is 12.1 Å². The van der Waals surface area contributed by atoms with Gasteiger partial charge in [0.1, 0.15) is 5.15 Å². The number of halogens is 1. The molecule has 1 amide bonds. The fraction of sp³-hybridized carbons (Fsp3) is 0.625. The summed E-state index contributed by atoms with van der Waals surface area (Å²) in [6.45, 7) is 8.03. The molecule has 0 bridgehead atoms. The van der Waals surface area contributed by atoms with Crippen molar-refractivity contribution in [2.24, 2.45) is 5.92 Å². The summed E-state index contributed by atoms with van der Waals surface area (Å²) < 4.78 is 0. The predicted octanol–water partition coefficient (Wildman–Crippen LogP) is 4.12. The molecule has 0 aromatic carbocycles. The van der Waals surface area contributed by atoms with E-state index in [9.17, 15) is 4.79 Å². The number of carbonyl (C=O) groups is 1. The van der Waals surface area contributed by atoms with Gasteiger partial charge in [-0.1, -0.05) is 38.8 Å². The molecule has 0 aliphatic carbocycles. The summed E-state index contributed by atoms with van der Waals surface area (Å²) in [6.07, 6.45) is 3.47. The molecule has 1 aliphatic rings. The van der Waals surface area contributed by atoms with E-state index in [0.29, 0.717) is 16.6 Å². The van der Waals surface area contributed by atoms with Gasteiger partial charge in [-0.3, -0.25) is 4.79 Å². The SMILES string of the molecule is CCC1CCCN(C(=O)c2cc(Cl)nc(C(C)C)c2)C1. The molecule has 1 aromatic rings. The lowest BCUT2D eigenvalue weighted by Gasteiger charge is -2.32. The van der Waals surface area contributed by atoms with Crippen LogP contribution in [0.2, 0.25) is 5.15 Å². The number of rotatable bonds is 3. The summed E-state index contributed by atoms with van der Waals surface area (Å²) in [4.78, 5) is 18.9. The summed E-state index contributed by atoms with van der Waals surface area (Å²) in [7, 11) is 0. The van der Waals surface area contributed by atoms with Gasteiger partial charge in [0, 0.05) is 24.3 Å². The van der Waals surface area contributed by atoms with E-state index in [4.69, 9.17) is 11.6 Å². The molecule has 110 valence electrons. The molecule has 2 heterocycles. The molecule has 0 spiro atoms. The van der Waals surface area contributed by atoms with Crippen LogP contribution in [0.4, 0.5) is 0 Å². The van der Waals surface area contributed by atoms with E-state index < -0.39 is 0 Å². The number of carbonyl (C=O) groups excluding carboxylic acids is 1. The third-order valence-corrected chi connectivity index (χ3v) is 4.23. The first-order valence-electron chi connectivity index (χ1n) is 7.48. The Labute approximate surface area is 126 Å². The Morgan fingerprint density at radius 2 is 2.25 bits per heavy atom. The maximum atomic E-state index is 12.6. The molecule has 2 rings (SSSR count). The normalized spacial score (nSPS) is 19.4. The average Bonchev–Trinajstić information content (AvgIpc) is 2.45. The zero-order valence-corrected chi connectivity index (χ0v) is 13.3. The van der Waals surface area contributed by atoms with Gasteiger partial charge in [-0.05, 0) is 36.8 Å². The van der Waals surface area contributed by atoms with Crippen molar-refractivity contribution in [2.75, 3.05) is 13.1 Å². The third-order valence-electron chi connectivity index (χ3n) is 4.04. The molecule has 0 saturated carbocycles. The van der Waals surface area contributed by atoms with Crippen LogP contribution in [0, 0.1) is 5.92 Å². The minimum atomic E-state index is 0.0920. The van der Waals surface area contributed by atoms with E-state index in [1.165, 1.54) is 6.42 Å².